The van der Waals surface area contributed by atoms with E-state index >= 15 is 0 Å². The van der Waals surface area contributed by atoms with Gasteiger partial charge < -0.3 is 24.6 Å². The standard InChI is InChI=1S/C30H30F2N2O6/c31-21-12-24(30(34-16-21)40-23-10-11-27-28(14-23)39-17-38-27)26(36)3-1-2-18-4-6-19(7-5-18)29(37)33-15-20-8-9-22(35)13-25(20)32/h8-14,16,18-19,35H,1-7,15,17H2,(H,33,37). The molecule has 0 radical (unpaired) electrons. The number of carbonyl (C=O) groups excluding carboxylic acids is 2. The molecule has 1 amide bonds. The van der Waals surface area contributed by atoms with Crippen molar-refractivity contribution >= 4 is 11.7 Å². The number of aromatic hydroxyl groups is 1. The normalized spacial score (nSPS) is 17.9. The molecule has 10 heteroatoms. The number of carbonyl (C=O) groups is 2. The summed E-state index contributed by atoms with van der Waals surface area (Å²) in [6.45, 7) is 0.191. The van der Waals surface area contributed by atoms with Gasteiger partial charge in [-0.05, 0) is 62.3 Å². The summed E-state index contributed by atoms with van der Waals surface area (Å²) in [6.07, 6.45) is 5.85. The third-order valence-electron chi connectivity index (χ3n) is 7.40. The first kappa shape index (κ1) is 27.4. The van der Waals surface area contributed by atoms with Crippen LogP contribution in [0.1, 0.15) is 60.9 Å². The van der Waals surface area contributed by atoms with Crippen molar-refractivity contribution in [3.05, 3.63) is 71.4 Å². The average molecular weight is 553 g/mol. The third-order valence-corrected chi connectivity index (χ3v) is 7.40. The molecule has 8 nitrogen and oxygen atoms in total. The molecule has 1 aromatic heterocycles. The van der Waals surface area contributed by atoms with Gasteiger partial charge in [-0.15, -0.1) is 0 Å². The van der Waals surface area contributed by atoms with Gasteiger partial charge in [0, 0.05) is 36.6 Å². The molecule has 5 rings (SSSR count). The van der Waals surface area contributed by atoms with E-state index in [1.165, 1.54) is 12.1 Å². The Morgan fingerprint density at radius 3 is 2.62 bits per heavy atom. The summed E-state index contributed by atoms with van der Waals surface area (Å²) < 4.78 is 44.3. The van der Waals surface area contributed by atoms with Crippen LogP contribution in [0.2, 0.25) is 0 Å². The Balaban J connectivity index is 1.08. The molecule has 2 aromatic carbocycles. The van der Waals surface area contributed by atoms with E-state index in [0.29, 0.717) is 35.2 Å². The Kier molecular flexibility index (Phi) is 8.42. The van der Waals surface area contributed by atoms with Gasteiger partial charge in [-0.2, -0.15) is 0 Å². The molecular formula is C30H30F2N2O6. The number of hydrogen-bond acceptors (Lipinski definition) is 7. The number of ether oxygens (including phenoxy) is 3. The first-order valence-corrected chi connectivity index (χ1v) is 13.4. The van der Waals surface area contributed by atoms with E-state index in [9.17, 15) is 23.5 Å². The fraction of sp³-hybridized carbons (Fsp3) is 0.367. The van der Waals surface area contributed by atoms with Crippen LogP contribution in [-0.4, -0.2) is 28.6 Å². The zero-order chi connectivity index (χ0) is 28.1. The van der Waals surface area contributed by atoms with E-state index < -0.39 is 11.6 Å². The Morgan fingerprint density at radius 2 is 1.82 bits per heavy atom. The van der Waals surface area contributed by atoms with Crippen molar-refractivity contribution in [2.24, 2.45) is 11.8 Å². The van der Waals surface area contributed by atoms with E-state index in [4.69, 9.17) is 14.2 Å². The number of aromatic nitrogens is 1. The SMILES string of the molecule is O=C(CCCC1CCC(C(=O)NCc2ccc(O)cc2F)CC1)c1cc(F)cnc1Oc1ccc2c(c1)OCO2. The molecule has 0 saturated heterocycles. The van der Waals surface area contributed by atoms with Gasteiger partial charge in [0.15, 0.2) is 17.3 Å². The lowest BCUT2D eigenvalue weighted by Crippen LogP contribution is -2.33. The van der Waals surface area contributed by atoms with E-state index in [2.05, 4.69) is 10.3 Å². The molecule has 1 aliphatic heterocycles. The lowest BCUT2D eigenvalue weighted by Gasteiger charge is -2.27. The number of fused-ring (bicyclic) bond motifs is 1. The fourth-order valence-electron chi connectivity index (χ4n) is 5.17. The minimum absolute atomic E-state index is 0.0315. The number of nitrogens with zero attached hydrogens (tertiary/aromatic N) is 1. The number of nitrogens with one attached hydrogen (secondary N) is 1. The van der Waals surface area contributed by atoms with Gasteiger partial charge in [0.1, 0.15) is 23.1 Å². The average Bonchev–Trinajstić information content (AvgIpc) is 3.42. The number of phenolic OH excluding ortho intramolecular Hbond substituents is 1. The molecule has 2 heterocycles. The number of halogens is 2. The molecule has 3 aromatic rings. The summed E-state index contributed by atoms with van der Waals surface area (Å²) >= 11 is 0. The molecule has 210 valence electrons. The first-order valence-electron chi connectivity index (χ1n) is 13.4. The summed E-state index contributed by atoms with van der Waals surface area (Å²) in [5.41, 5.74) is 0.408. The number of ketones is 1. The number of amides is 1. The van der Waals surface area contributed by atoms with Gasteiger partial charge >= 0.3 is 0 Å². The van der Waals surface area contributed by atoms with E-state index in [1.807, 2.05) is 0 Å². The smallest absolute Gasteiger partial charge is 0.231 e. The quantitative estimate of drug-likeness (QED) is 0.294. The molecule has 0 bridgehead atoms. The monoisotopic (exact) mass is 552 g/mol. The maximum atomic E-state index is 14.0. The molecule has 40 heavy (non-hydrogen) atoms. The largest absolute Gasteiger partial charge is 0.508 e. The number of phenols is 1. The van der Waals surface area contributed by atoms with Crippen molar-refractivity contribution in [2.45, 2.75) is 51.5 Å². The molecule has 2 N–H and O–H groups in total. The molecule has 2 aliphatic rings. The van der Waals surface area contributed by atoms with E-state index in [-0.39, 0.29) is 54.6 Å². The van der Waals surface area contributed by atoms with Crippen LogP contribution >= 0.6 is 0 Å². The van der Waals surface area contributed by atoms with Gasteiger partial charge in [0.25, 0.3) is 0 Å². The van der Waals surface area contributed by atoms with Crippen LogP contribution in [0.3, 0.4) is 0 Å². The minimum Gasteiger partial charge on any atom is -0.508 e. The Morgan fingerprint density at radius 1 is 1.02 bits per heavy atom. The van der Waals surface area contributed by atoms with Crippen molar-refractivity contribution in [3.63, 3.8) is 0 Å². The van der Waals surface area contributed by atoms with Crippen LogP contribution in [0.5, 0.6) is 28.9 Å². The number of benzene rings is 2. The Hall–Kier alpha value is -4.21. The molecule has 0 atom stereocenters. The van der Waals surface area contributed by atoms with Gasteiger partial charge in [-0.1, -0.05) is 12.5 Å². The lowest BCUT2D eigenvalue weighted by atomic mass is 9.79. The second-order valence-corrected chi connectivity index (χ2v) is 10.1. The van der Waals surface area contributed by atoms with Crippen molar-refractivity contribution in [3.8, 4) is 28.9 Å². The number of Topliss-reactive ketones (excluding diaryl/α,β-unsaturated/α-hetero) is 1. The zero-order valence-electron chi connectivity index (χ0n) is 21.8. The molecule has 1 fully saturated rings. The van der Waals surface area contributed by atoms with Crippen LogP contribution in [0, 0.1) is 23.5 Å². The summed E-state index contributed by atoms with van der Waals surface area (Å²) in [6, 6.07) is 9.99. The third kappa shape index (κ3) is 6.67. The highest BCUT2D eigenvalue weighted by molar-refractivity contribution is 5.98. The predicted octanol–water partition coefficient (Wildman–Crippen LogP) is 6.06. The van der Waals surface area contributed by atoms with Crippen LogP contribution in [0.15, 0.2) is 48.7 Å². The maximum Gasteiger partial charge on any atom is 0.231 e. The van der Waals surface area contributed by atoms with E-state index in [1.54, 1.807) is 18.2 Å². The Bertz CT molecular complexity index is 1390. The van der Waals surface area contributed by atoms with Crippen LogP contribution in [0.4, 0.5) is 8.78 Å². The van der Waals surface area contributed by atoms with Gasteiger partial charge in [-0.3, -0.25) is 9.59 Å². The van der Waals surface area contributed by atoms with Crippen molar-refractivity contribution in [2.75, 3.05) is 6.79 Å². The van der Waals surface area contributed by atoms with Crippen LogP contribution in [0.25, 0.3) is 0 Å². The highest BCUT2D eigenvalue weighted by Gasteiger charge is 2.26. The van der Waals surface area contributed by atoms with Crippen LogP contribution < -0.4 is 19.5 Å². The highest BCUT2D eigenvalue weighted by atomic mass is 19.1. The molecule has 0 spiro atoms. The first-order chi connectivity index (χ1) is 19.4. The minimum atomic E-state index is -0.619. The predicted molar refractivity (Wildman–Crippen MR) is 140 cm³/mol. The molecular weight excluding hydrogens is 522 g/mol. The summed E-state index contributed by atoms with van der Waals surface area (Å²) in [4.78, 5) is 29.6. The Labute approximate surface area is 230 Å². The fourth-order valence-corrected chi connectivity index (χ4v) is 5.17. The lowest BCUT2D eigenvalue weighted by molar-refractivity contribution is -0.126. The van der Waals surface area contributed by atoms with Crippen molar-refractivity contribution in [1.29, 1.82) is 0 Å². The summed E-state index contributed by atoms with van der Waals surface area (Å²) in [5.74, 6) is 0.109. The molecule has 0 unspecified atom stereocenters. The van der Waals surface area contributed by atoms with E-state index in [0.717, 1.165) is 50.4 Å². The second kappa shape index (κ2) is 12.3. The summed E-state index contributed by atoms with van der Waals surface area (Å²) in [7, 11) is 0. The topological polar surface area (TPSA) is 107 Å². The number of rotatable bonds is 10. The van der Waals surface area contributed by atoms with Crippen LogP contribution in [-0.2, 0) is 11.3 Å². The highest BCUT2D eigenvalue weighted by Crippen LogP contribution is 2.37. The number of hydrogen-bond donors (Lipinski definition) is 2. The molecule has 1 aliphatic carbocycles. The second-order valence-electron chi connectivity index (χ2n) is 10.1. The zero-order valence-corrected chi connectivity index (χ0v) is 21.8. The van der Waals surface area contributed by atoms with Gasteiger partial charge in [0.2, 0.25) is 18.6 Å². The number of pyridine rings is 1. The molecule has 1 saturated carbocycles. The van der Waals surface area contributed by atoms with Gasteiger partial charge in [-0.25, -0.2) is 13.8 Å². The van der Waals surface area contributed by atoms with Crippen molar-refractivity contribution < 1.29 is 37.7 Å². The van der Waals surface area contributed by atoms with Gasteiger partial charge in [0.05, 0.1) is 11.8 Å². The maximum absolute atomic E-state index is 14.0. The summed E-state index contributed by atoms with van der Waals surface area (Å²) in [5, 5.41) is 12.1. The van der Waals surface area contributed by atoms with Crippen molar-refractivity contribution in [1.82, 2.24) is 10.3 Å².